The van der Waals surface area contributed by atoms with Crippen molar-refractivity contribution < 1.29 is 0 Å². The molecule has 0 bridgehead atoms. The van der Waals surface area contributed by atoms with E-state index in [1.165, 1.54) is 57.4 Å². The van der Waals surface area contributed by atoms with Crippen molar-refractivity contribution in [3.8, 4) is 0 Å². The third-order valence-electron chi connectivity index (χ3n) is 4.68. The number of piperidine rings is 2. The first kappa shape index (κ1) is 13.1. The van der Waals surface area contributed by atoms with Crippen LogP contribution in [0, 0.1) is 5.92 Å². The summed E-state index contributed by atoms with van der Waals surface area (Å²) < 4.78 is 0. The van der Waals surface area contributed by atoms with Gasteiger partial charge >= 0.3 is 0 Å². The molecule has 19 heavy (non-hydrogen) atoms. The minimum absolute atomic E-state index is 0.790. The second-order valence-corrected chi connectivity index (χ2v) is 5.94. The molecule has 0 amide bonds. The molecule has 1 atom stereocenters. The van der Waals surface area contributed by atoms with Crippen molar-refractivity contribution >= 4 is 0 Å². The Bertz CT molecular complexity index is 373. The van der Waals surface area contributed by atoms with E-state index in [1.54, 1.807) is 0 Å². The van der Waals surface area contributed by atoms with Gasteiger partial charge in [-0.3, -0.25) is 9.88 Å². The molecule has 0 saturated carbocycles. The van der Waals surface area contributed by atoms with Gasteiger partial charge in [-0.2, -0.15) is 0 Å². The van der Waals surface area contributed by atoms with Gasteiger partial charge in [0.15, 0.2) is 0 Å². The number of hydrogen-bond acceptors (Lipinski definition) is 3. The van der Waals surface area contributed by atoms with Crippen molar-refractivity contribution in [2.24, 2.45) is 5.92 Å². The van der Waals surface area contributed by atoms with E-state index in [0.29, 0.717) is 0 Å². The molecule has 3 heterocycles. The van der Waals surface area contributed by atoms with Gasteiger partial charge < -0.3 is 5.32 Å². The van der Waals surface area contributed by atoms with Crippen LogP contribution in [0.1, 0.15) is 37.8 Å². The van der Waals surface area contributed by atoms with E-state index >= 15 is 0 Å². The molecule has 3 rings (SSSR count). The predicted molar refractivity (Wildman–Crippen MR) is 77.9 cm³/mol. The SMILES string of the molecule is c1ccc(CN2CCCCC2C2CCNCC2)nc1. The van der Waals surface area contributed by atoms with Crippen LogP contribution in [0.15, 0.2) is 24.4 Å². The first-order valence-electron chi connectivity index (χ1n) is 7.78. The quantitative estimate of drug-likeness (QED) is 0.903. The molecule has 1 N–H and O–H groups in total. The van der Waals surface area contributed by atoms with Crippen LogP contribution in [-0.4, -0.2) is 35.6 Å². The van der Waals surface area contributed by atoms with Crippen molar-refractivity contribution in [1.29, 1.82) is 0 Å². The van der Waals surface area contributed by atoms with E-state index in [4.69, 9.17) is 0 Å². The second-order valence-electron chi connectivity index (χ2n) is 5.94. The normalized spacial score (nSPS) is 26.4. The highest BCUT2D eigenvalue weighted by atomic mass is 15.2. The average Bonchev–Trinajstić information content (AvgIpc) is 2.50. The summed E-state index contributed by atoms with van der Waals surface area (Å²) in [5.41, 5.74) is 1.23. The highest BCUT2D eigenvalue weighted by Crippen LogP contribution is 2.29. The van der Waals surface area contributed by atoms with Gasteiger partial charge in [-0.1, -0.05) is 12.5 Å². The van der Waals surface area contributed by atoms with Crippen molar-refractivity contribution in [3.63, 3.8) is 0 Å². The van der Waals surface area contributed by atoms with Crippen LogP contribution >= 0.6 is 0 Å². The molecule has 1 unspecified atom stereocenters. The number of likely N-dealkylation sites (tertiary alicyclic amines) is 1. The maximum absolute atomic E-state index is 4.50. The van der Waals surface area contributed by atoms with Crippen LogP contribution in [-0.2, 0) is 6.54 Å². The fourth-order valence-electron chi connectivity index (χ4n) is 3.68. The van der Waals surface area contributed by atoms with E-state index < -0.39 is 0 Å². The van der Waals surface area contributed by atoms with Crippen LogP contribution in [0.5, 0.6) is 0 Å². The van der Waals surface area contributed by atoms with Crippen molar-refractivity contribution in [3.05, 3.63) is 30.1 Å². The Labute approximate surface area is 116 Å². The Kier molecular flexibility index (Phi) is 4.46. The van der Waals surface area contributed by atoms with Crippen LogP contribution in [0.2, 0.25) is 0 Å². The first-order chi connectivity index (χ1) is 9.43. The number of nitrogens with one attached hydrogen (secondary N) is 1. The standard InChI is InChI=1S/C16H25N3/c1-3-9-18-15(5-1)13-19-12-4-2-6-16(19)14-7-10-17-11-8-14/h1,3,5,9,14,16-17H,2,4,6-8,10-13H2. The Morgan fingerprint density at radius 1 is 1.16 bits per heavy atom. The molecular formula is C16H25N3. The molecule has 104 valence electrons. The highest BCUT2D eigenvalue weighted by molar-refractivity contribution is 5.04. The number of rotatable bonds is 3. The van der Waals surface area contributed by atoms with Gasteiger partial charge in [-0.15, -0.1) is 0 Å². The number of hydrogen-bond donors (Lipinski definition) is 1. The maximum atomic E-state index is 4.50. The van der Waals surface area contributed by atoms with E-state index in [1.807, 2.05) is 12.3 Å². The highest BCUT2D eigenvalue weighted by Gasteiger charge is 2.30. The Morgan fingerprint density at radius 2 is 2.05 bits per heavy atom. The zero-order valence-corrected chi connectivity index (χ0v) is 11.7. The van der Waals surface area contributed by atoms with Gasteiger partial charge in [0.1, 0.15) is 0 Å². The topological polar surface area (TPSA) is 28.2 Å². The summed E-state index contributed by atoms with van der Waals surface area (Å²) >= 11 is 0. The zero-order valence-electron chi connectivity index (χ0n) is 11.7. The van der Waals surface area contributed by atoms with E-state index in [2.05, 4.69) is 27.3 Å². The predicted octanol–water partition coefficient (Wildman–Crippen LogP) is 2.44. The summed E-state index contributed by atoms with van der Waals surface area (Å²) in [6, 6.07) is 7.06. The molecule has 0 radical (unpaired) electrons. The van der Waals surface area contributed by atoms with Gasteiger partial charge in [-0.25, -0.2) is 0 Å². The Balaban J connectivity index is 1.66. The van der Waals surface area contributed by atoms with E-state index in [9.17, 15) is 0 Å². The van der Waals surface area contributed by atoms with Crippen molar-refractivity contribution in [1.82, 2.24) is 15.2 Å². The monoisotopic (exact) mass is 259 g/mol. The molecule has 1 aromatic heterocycles. The van der Waals surface area contributed by atoms with Crippen LogP contribution < -0.4 is 5.32 Å². The van der Waals surface area contributed by atoms with Crippen molar-refractivity contribution in [2.75, 3.05) is 19.6 Å². The largest absolute Gasteiger partial charge is 0.317 e. The third-order valence-corrected chi connectivity index (χ3v) is 4.68. The maximum Gasteiger partial charge on any atom is 0.0544 e. The van der Waals surface area contributed by atoms with Crippen LogP contribution in [0.25, 0.3) is 0 Å². The molecule has 3 heteroatoms. The fourth-order valence-corrected chi connectivity index (χ4v) is 3.68. The van der Waals surface area contributed by atoms with Gasteiger partial charge in [0.25, 0.3) is 0 Å². The lowest BCUT2D eigenvalue weighted by Crippen LogP contribution is -2.46. The van der Waals surface area contributed by atoms with Gasteiger partial charge in [0.05, 0.1) is 5.69 Å². The molecule has 0 aliphatic carbocycles. The summed E-state index contributed by atoms with van der Waals surface area (Å²) in [5.74, 6) is 0.894. The van der Waals surface area contributed by atoms with Gasteiger partial charge in [0.2, 0.25) is 0 Å². The summed E-state index contributed by atoms with van der Waals surface area (Å²) in [5, 5.41) is 3.49. The molecule has 2 aliphatic rings. The molecule has 0 spiro atoms. The number of aromatic nitrogens is 1. The zero-order chi connectivity index (χ0) is 12.9. The van der Waals surface area contributed by atoms with E-state index in [0.717, 1.165) is 18.5 Å². The third kappa shape index (κ3) is 3.34. The molecule has 2 saturated heterocycles. The molecule has 3 nitrogen and oxygen atoms in total. The lowest BCUT2D eigenvalue weighted by Gasteiger charge is -2.42. The molecule has 0 aromatic carbocycles. The molecule has 1 aromatic rings. The fraction of sp³-hybridized carbons (Fsp3) is 0.688. The summed E-state index contributed by atoms with van der Waals surface area (Å²) in [6.07, 6.45) is 8.77. The van der Waals surface area contributed by atoms with E-state index in [-0.39, 0.29) is 0 Å². The van der Waals surface area contributed by atoms with Gasteiger partial charge in [-0.05, 0) is 63.4 Å². The molecule has 2 aliphatic heterocycles. The minimum Gasteiger partial charge on any atom is -0.317 e. The molecular weight excluding hydrogens is 234 g/mol. The Morgan fingerprint density at radius 3 is 2.84 bits per heavy atom. The second kappa shape index (κ2) is 6.49. The first-order valence-corrected chi connectivity index (χ1v) is 7.78. The smallest absolute Gasteiger partial charge is 0.0544 e. The summed E-state index contributed by atoms with van der Waals surface area (Å²) in [7, 11) is 0. The average molecular weight is 259 g/mol. The lowest BCUT2D eigenvalue weighted by atomic mass is 9.84. The number of pyridine rings is 1. The van der Waals surface area contributed by atoms with Gasteiger partial charge in [0, 0.05) is 18.8 Å². The summed E-state index contributed by atoms with van der Waals surface area (Å²) in [6.45, 7) is 4.71. The lowest BCUT2D eigenvalue weighted by molar-refractivity contribution is 0.0767. The Hall–Kier alpha value is -0.930. The minimum atomic E-state index is 0.790. The summed E-state index contributed by atoms with van der Waals surface area (Å²) in [4.78, 5) is 7.19. The van der Waals surface area contributed by atoms with Crippen LogP contribution in [0.3, 0.4) is 0 Å². The molecule has 2 fully saturated rings. The van der Waals surface area contributed by atoms with Crippen LogP contribution in [0.4, 0.5) is 0 Å². The van der Waals surface area contributed by atoms with Crippen molar-refractivity contribution in [2.45, 2.75) is 44.7 Å². The number of nitrogens with zero attached hydrogens (tertiary/aromatic N) is 2.